The van der Waals surface area contributed by atoms with E-state index in [-0.39, 0.29) is 18.4 Å². The third-order valence-electron chi connectivity index (χ3n) is 3.55. The quantitative estimate of drug-likeness (QED) is 0.886. The highest BCUT2D eigenvalue weighted by Gasteiger charge is 2.27. The largest absolute Gasteiger partial charge is 0.481 e. The van der Waals surface area contributed by atoms with Gasteiger partial charge in [-0.1, -0.05) is 30.3 Å². The Labute approximate surface area is 113 Å². The van der Waals surface area contributed by atoms with Gasteiger partial charge in [-0.05, 0) is 24.8 Å². The number of benzene rings is 1. The number of nitrogens with zero attached hydrogens (tertiary/aromatic N) is 1. The Balaban J connectivity index is 2.18. The van der Waals surface area contributed by atoms with E-state index in [0.29, 0.717) is 12.8 Å². The van der Waals surface area contributed by atoms with E-state index in [1.807, 2.05) is 35.2 Å². The lowest BCUT2D eigenvalue weighted by Crippen LogP contribution is -2.38. The molecule has 102 valence electrons. The molecule has 1 amide bonds. The zero-order valence-corrected chi connectivity index (χ0v) is 10.9. The van der Waals surface area contributed by atoms with E-state index < -0.39 is 5.97 Å². The fourth-order valence-electron chi connectivity index (χ4n) is 2.59. The molecule has 1 atom stereocenters. The molecule has 2 rings (SSSR count). The number of carboxylic acids is 1. The number of aliphatic carboxylic acids is 1. The number of hydrogen-bond donors (Lipinski definition) is 1. The maximum Gasteiger partial charge on any atom is 0.303 e. The van der Waals surface area contributed by atoms with Gasteiger partial charge >= 0.3 is 5.97 Å². The van der Waals surface area contributed by atoms with Crippen LogP contribution in [0.4, 0.5) is 0 Å². The Morgan fingerprint density at radius 3 is 2.63 bits per heavy atom. The first-order valence-electron chi connectivity index (χ1n) is 6.74. The molecule has 1 aliphatic rings. The van der Waals surface area contributed by atoms with E-state index in [1.165, 1.54) is 0 Å². The number of carbonyl (C=O) groups excluding carboxylic acids is 1. The lowest BCUT2D eigenvalue weighted by molar-refractivity contribution is -0.140. The molecular weight excluding hydrogens is 242 g/mol. The van der Waals surface area contributed by atoms with Crippen LogP contribution < -0.4 is 0 Å². The SMILES string of the molecule is O=C(O)CCC(c1ccccc1)N1CCCCC1=O. The molecule has 1 saturated heterocycles. The molecule has 1 fully saturated rings. The van der Waals surface area contributed by atoms with Gasteiger partial charge in [-0.15, -0.1) is 0 Å². The highest BCUT2D eigenvalue weighted by atomic mass is 16.4. The summed E-state index contributed by atoms with van der Waals surface area (Å²) >= 11 is 0. The Bertz CT molecular complexity index is 444. The van der Waals surface area contributed by atoms with Crippen molar-refractivity contribution in [1.82, 2.24) is 4.90 Å². The van der Waals surface area contributed by atoms with E-state index in [9.17, 15) is 9.59 Å². The van der Waals surface area contributed by atoms with Crippen LogP contribution >= 0.6 is 0 Å². The third kappa shape index (κ3) is 3.56. The molecule has 1 heterocycles. The van der Waals surface area contributed by atoms with Crippen LogP contribution in [0.5, 0.6) is 0 Å². The fourth-order valence-corrected chi connectivity index (χ4v) is 2.59. The lowest BCUT2D eigenvalue weighted by atomic mass is 9.97. The van der Waals surface area contributed by atoms with Gasteiger partial charge in [0.2, 0.25) is 5.91 Å². The van der Waals surface area contributed by atoms with Gasteiger partial charge in [0, 0.05) is 19.4 Å². The van der Waals surface area contributed by atoms with E-state index >= 15 is 0 Å². The maximum absolute atomic E-state index is 12.0. The predicted molar refractivity (Wildman–Crippen MR) is 71.6 cm³/mol. The molecule has 0 bridgehead atoms. The van der Waals surface area contributed by atoms with Crippen molar-refractivity contribution in [1.29, 1.82) is 0 Å². The molecule has 0 aromatic heterocycles. The number of hydrogen-bond acceptors (Lipinski definition) is 2. The van der Waals surface area contributed by atoms with Gasteiger partial charge in [0.15, 0.2) is 0 Å². The highest BCUT2D eigenvalue weighted by Crippen LogP contribution is 2.29. The van der Waals surface area contributed by atoms with E-state index in [1.54, 1.807) is 0 Å². The van der Waals surface area contributed by atoms with Crippen molar-refractivity contribution >= 4 is 11.9 Å². The summed E-state index contributed by atoms with van der Waals surface area (Å²) in [6.45, 7) is 0.734. The molecule has 4 nitrogen and oxygen atoms in total. The molecule has 0 saturated carbocycles. The average molecular weight is 261 g/mol. The van der Waals surface area contributed by atoms with Crippen molar-refractivity contribution in [3.8, 4) is 0 Å². The Morgan fingerprint density at radius 2 is 2.00 bits per heavy atom. The predicted octanol–water partition coefficient (Wildman–Crippen LogP) is 2.61. The number of rotatable bonds is 5. The molecule has 0 spiro atoms. The van der Waals surface area contributed by atoms with Gasteiger partial charge in [-0.3, -0.25) is 9.59 Å². The first kappa shape index (κ1) is 13.6. The number of carbonyl (C=O) groups is 2. The Kier molecular flexibility index (Phi) is 4.55. The summed E-state index contributed by atoms with van der Waals surface area (Å²) in [5, 5.41) is 8.87. The second-order valence-corrected chi connectivity index (χ2v) is 4.90. The van der Waals surface area contributed by atoms with E-state index in [0.717, 1.165) is 24.9 Å². The maximum atomic E-state index is 12.0. The first-order chi connectivity index (χ1) is 9.18. The van der Waals surface area contributed by atoms with E-state index in [2.05, 4.69) is 0 Å². The van der Waals surface area contributed by atoms with Gasteiger partial charge in [-0.25, -0.2) is 0 Å². The minimum absolute atomic E-state index is 0.0866. The van der Waals surface area contributed by atoms with Gasteiger partial charge in [0.25, 0.3) is 0 Å². The average Bonchev–Trinajstić information content (AvgIpc) is 2.42. The standard InChI is InChI=1S/C15H19NO3/c17-14-8-4-5-11-16(14)13(9-10-15(18)19)12-6-2-1-3-7-12/h1-3,6-7,13H,4-5,8-11H2,(H,18,19). The summed E-state index contributed by atoms with van der Waals surface area (Å²) in [5.41, 5.74) is 1.03. The van der Waals surface area contributed by atoms with Crippen molar-refractivity contribution in [2.24, 2.45) is 0 Å². The molecule has 1 aromatic carbocycles. The van der Waals surface area contributed by atoms with Crippen LogP contribution in [-0.2, 0) is 9.59 Å². The molecule has 1 N–H and O–H groups in total. The topological polar surface area (TPSA) is 57.6 Å². The van der Waals surface area contributed by atoms with E-state index in [4.69, 9.17) is 5.11 Å². The highest BCUT2D eigenvalue weighted by molar-refractivity contribution is 5.77. The van der Waals surface area contributed by atoms with Crippen LogP contribution in [0.3, 0.4) is 0 Å². The van der Waals surface area contributed by atoms with Crippen LogP contribution in [0.15, 0.2) is 30.3 Å². The molecule has 1 aromatic rings. The number of carboxylic acid groups (broad SMARTS) is 1. The van der Waals surface area contributed by atoms with Crippen molar-refractivity contribution in [3.63, 3.8) is 0 Å². The zero-order chi connectivity index (χ0) is 13.7. The van der Waals surface area contributed by atoms with Gasteiger partial charge in [0.05, 0.1) is 6.04 Å². The molecule has 0 radical (unpaired) electrons. The molecular formula is C15H19NO3. The van der Waals surface area contributed by atoms with Gasteiger partial charge in [0.1, 0.15) is 0 Å². The molecule has 1 aliphatic heterocycles. The van der Waals surface area contributed by atoms with Crippen molar-refractivity contribution in [3.05, 3.63) is 35.9 Å². The number of likely N-dealkylation sites (tertiary alicyclic amines) is 1. The monoisotopic (exact) mass is 261 g/mol. The summed E-state index contributed by atoms with van der Waals surface area (Å²) in [6.07, 6.45) is 3.09. The van der Waals surface area contributed by atoms with Crippen LogP contribution in [0.1, 0.15) is 43.7 Å². The summed E-state index contributed by atoms with van der Waals surface area (Å²) in [5.74, 6) is -0.670. The van der Waals surface area contributed by atoms with Crippen molar-refractivity contribution in [2.75, 3.05) is 6.54 Å². The number of amides is 1. The Hall–Kier alpha value is -1.84. The van der Waals surface area contributed by atoms with Crippen LogP contribution in [0.25, 0.3) is 0 Å². The lowest BCUT2D eigenvalue weighted by Gasteiger charge is -2.35. The fraction of sp³-hybridized carbons (Fsp3) is 0.467. The molecule has 0 aliphatic carbocycles. The summed E-state index contributed by atoms with van der Waals surface area (Å²) < 4.78 is 0. The molecule has 4 heteroatoms. The van der Waals surface area contributed by atoms with Crippen LogP contribution in [0, 0.1) is 0 Å². The van der Waals surface area contributed by atoms with Crippen LogP contribution in [0.2, 0.25) is 0 Å². The first-order valence-corrected chi connectivity index (χ1v) is 6.74. The smallest absolute Gasteiger partial charge is 0.303 e. The van der Waals surface area contributed by atoms with Crippen molar-refractivity contribution in [2.45, 2.75) is 38.1 Å². The second kappa shape index (κ2) is 6.36. The summed E-state index contributed by atoms with van der Waals surface area (Å²) in [7, 11) is 0. The Morgan fingerprint density at radius 1 is 1.26 bits per heavy atom. The second-order valence-electron chi connectivity index (χ2n) is 4.90. The minimum Gasteiger partial charge on any atom is -0.481 e. The number of piperidine rings is 1. The zero-order valence-electron chi connectivity index (χ0n) is 10.9. The normalized spacial score (nSPS) is 17.3. The molecule has 19 heavy (non-hydrogen) atoms. The van der Waals surface area contributed by atoms with Gasteiger partial charge < -0.3 is 10.0 Å². The summed E-state index contributed by atoms with van der Waals surface area (Å²) in [6, 6.07) is 9.61. The third-order valence-corrected chi connectivity index (χ3v) is 3.55. The van der Waals surface area contributed by atoms with Crippen LogP contribution in [-0.4, -0.2) is 28.4 Å². The van der Waals surface area contributed by atoms with Gasteiger partial charge in [-0.2, -0.15) is 0 Å². The van der Waals surface area contributed by atoms with Crippen molar-refractivity contribution < 1.29 is 14.7 Å². The molecule has 1 unspecified atom stereocenters. The summed E-state index contributed by atoms with van der Waals surface area (Å²) in [4.78, 5) is 24.7. The minimum atomic E-state index is -0.814.